The molecule has 1 fully saturated rings. The molecule has 0 radical (unpaired) electrons. The molecule has 0 spiro atoms. The van der Waals surface area contributed by atoms with E-state index in [1.807, 2.05) is 0 Å². The van der Waals surface area contributed by atoms with Gasteiger partial charge in [0.1, 0.15) is 0 Å². The smallest absolute Gasteiger partial charge is 0.314 e. The third-order valence-electron chi connectivity index (χ3n) is 3.44. The first-order chi connectivity index (χ1) is 9.16. The fraction of sp³-hybridized carbons (Fsp3) is 0.429. The predicted molar refractivity (Wildman–Crippen MR) is 77.1 cm³/mol. The van der Waals surface area contributed by atoms with E-state index in [1.165, 1.54) is 31.3 Å². The molecule has 1 aliphatic carbocycles. The molecule has 2 N–H and O–H groups in total. The lowest BCUT2D eigenvalue weighted by Crippen LogP contribution is -2.25. The molecule has 2 rings (SSSR count). The summed E-state index contributed by atoms with van der Waals surface area (Å²) in [7, 11) is 0. The molecule has 5 heteroatoms. The first kappa shape index (κ1) is 13.9. The second kappa shape index (κ2) is 6.57. The van der Waals surface area contributed by atoms with Crippen molar-refractivity contribution in [2.24, 2.45) is 5.92 Å². The molecular weight excluding hydrogens is 262 g/mol. The van der Waals surface area contributed by atoms with Gasteiger partial charge in [0.2, 0.25) is 0 Å². The lowest BCUT2D eigenvalue weighted by Gasteiger charge is -2.10. The summed E-state index contributed by atoms with van der Waals surface area (Å²) >= 11 is 5.87. The van der Waals surface area contributed by atoms with E-state index in [4.69, 9.17) is 11.6 Å². The standard InChI is InChI=1S/C14H18ClN3O/c1-10(11-5-2-3-6-11)9-17-14(19)18-12-7-4-8-16-13(12)15/h4,7-9,11H,2-3,5-6H2,1H3,(H2,17,18,19)/b10-9+. The van der Waals surface area contributed by atoms with Crippen molar-refractivity contribution in [2.75, 3.05) is 5.32 Å². The fourth-order valence-electron chi connectivity index (χ4n) is 2.32. The van der Waals surface area contributed by atoms with Gasteiger partial charge in [-0.2, -0.15) is 0 Å². The van der Waals surface area contributed by atoms with Crippen LogP contribution in [0.1, 0.15) is 32.6 Å². The fourth-order valence-corrected chi connectivity index (χ4v) is 2.48. The summed E-state index contributed by atoms with van der Waals surface area (Å²) in [6, 6.07) is 3.14. The quantitative estimate of drug-likeness (QED) is 0.823. The zero-order chi connectivity index (χ0) is 13.7. The lowest BCUT2D eigenvalue weighted by molar-refractivity contribution is 0.255. The van der Waals surface area contributed by atoms with Gasteiger partial charge < -0.3 is 10.6 Å². The molecule has 0 aromatic carbocycles. The van der Waals surface area contributed by atoms with Crippen molar-refractivity contribution in [1.82, 2.24) is 10.3 Å². The Hall–Kier alpha value is -1.55. The number of amides is 2. The molecule has 0 unspecified atom stereocenters. The Morgan fingerprint density at radius 2 is 2.21 bits per heavy atom. The SMILES string of the molecule is C/C(=C\NC(=O)Nc1cccnc1Cl)C1CCCC1. The molecule has 2 amide bonds. The van der Waals surface area contributed by atoms with Gasteiger partial charge in [0, 0.05) is 12.4 Å². The zero-order valence-corrected chi connectivity index (χ0v) is 11.7. The van der Waals surface area contributed by atoms with Crippen molar-refractivity contribution < 1.29 is 4.79 Å². The van der Waals surface area contributed by atoms with E-state index in [9.17, 15) is 4.79 Å². The van der Waals surface area contributed by atoms with E-state index < -0.39 is 0 Å². The highest BCUT2D eigenvalue weighted by Crippen LogP contribution is 2.30. The van der Waals surface area contributed by atoms with Crippen LogP contribution >= 0.6 is 11.6 Å². The highest BCUT2D eigenvalue weighted by Gasteiger charge is 2.16. The number of carbonyl (C=O) groups excluding carboxylic acids is 1. The Labute approximate surface area is 118 Å². The molecule has 0 saturated heterocycles. The molecule has 1 heterocycles. The van der Waals surface area contributed by atoms with Gasteiger partial charge in [0.05, 0.1) is 5.69 Å². The highest BCUT2D eigenvalue weighted by atomic mass is 35.5. The lowest BCUT2D eigenvalue weighted by atomic mass is 10.0. The minimum Gasteiger partial charge on any atom is -0.314 e. The molecular formula is C14H18ClN3O. The molecule has 1 saturated carbocycles. The molecule has 1 aliphatic rings. The van der Waals surface area contributed by atoms with Crippen LogP contribution in [0.25, 0.3) is 0 Å². The number of pyridine rings is 1. The summed E-state index contributed by atoms with van der Waals surface area (Å²) in [6.07, 6.45) is 8.38. The number of anilines is 1. The van der Waals surface area contributed by atoms with Gasteiger partial charge in [0.25, 0.3) is 0 Å². The van der Waals surface area contributed by atoms with E-state index >= 15 is 0 Å². The van der Waals surface area contributed by atoms with Crippen molar-refractivity contribution in [3.63, 3.8) is 0 Å². The van der Waals surface area contributed by atoms with Gasteiger partial charge in [-0.15, -0.1) is 0 Å². The Morgan fingerprint density at radius 3 is 2.89 bits per heavy atom. The number of nitrogens with one attached hydrogen (secondary N) is 2. The number of hydrogen-bond acceptors (Lipinski definition) is 2. The van der Waals surface area contributed by atoms with E-state index in [1.54, 1.807) is 24.5 Å². The van der Waals surface area contributed by atoms with Crippen LogP contribution in [-0.2, 0) is 0 Å². The summed E-state index contributed by atoms with van der Waals surface area (Å²) in [5.74, 6) is 0.613. The van der Waals surface area contributed by atoms with Crippen molar-refractivity contribution in [3.05, 3.63) is 35.3 Å². The molecule has 102 valence electrons. The summed E-state index contributed by atoms with van der Waals surface area (Å²) in [6.45, 7) is 2.06. The maximum absolute atomic E-state index is 11.7. The number of allylic oxidation sites excluding steroid dienone is 1. The van der Waals surface area contributed by atoms with Gasteiger partial charge in [-0.1, -0.05) is 30.0 Å². The number of hydrogen-bond donors (Lipinski definition) is 2. The van der Waals surface area contributed by atoms with Gasteiger partial charge in [-0.25, -0.2) is 9.78 Å². The van der Waals surface area contributed by atoms with Gasteiger partial charge in [0.15, 0.2) is 5.15 Å². The Kier molecular flexibility index (Phi) is 4.80. The van der Waals surface area contributed by atoms with Crippen LogP contribution in [0, 0.1) is 5.92 Å². The van der Waals surface area contributed by atoms with E-state index in [0.29, 0.717) is 11.6 Å². The Morgan fingerprint density at radius 1 is 1.47 bits per heavy atom. The maximum atomic E-state index is 11.7. The number of urea groups is 1. The summed E-state index contributed by atoms with van der Waals surface area (Å²) in [4.78, 5) is 15.6. The average molecular weight is 280 g/mol. The van der Waals surface area contributed by atoms with Gasteiger partial charge >= 0.3 is 6.03 Å². The predicted octanol–water partition coefficient (Wildman–Crippen LogP) is 3.95. The summed E-state index contributed by atoms with van der Waals surface area (Å²) in [5, 5.41) is 5.69. The molecule has 4 nitrogen and oxygen atoms in total. The first-order valence-corrected chi connectivity index (χ1v) is 6.89. The second-order valence-electron chi connectivity index (χ2n) is 4.81. The number of halogens is 1. The van der Waals surface area contributed by atoms with Crippen LogP contribution in [0.3, 0.4) is 0 Å². The Bertz CT molecular complexity index is 481. The minimum absolute atomic E-state index is 0.286. The number of carbonyl (C=O) groups is 1. The third-order valence-corrected chi connectivity index (χ3v) is 3.74. The molecule has 19 heavy (non-hydrogen) atoms. The largest absolute Gasteiger partial charge is 0.323 e. The van der Waals surface area contributed by atoms with Crippen LogP contribution in [-0.4, -0.2) is 11.0 Å². The number of rotatable bonds is 3. The normalized spacial score (nSPS) is 16.4. The molecule has 1 aromatic rings. The van der Waals surface area contributed by atoms with Crippen molar-refractivity contribution in [1.29, 1.82) is 0 Å². The van der Waals surface area contributed by atoms with Crippen LogP contribution in [0.15, 0.2) is 30.1 Å². The summed E-state index contributed by atoms with van der Waals surface area (Å²) in [5.41, 5.74) is 1.73. The van der Waals surface area contributed by atoms with Crippen LogP contribution in [0.2, 0.25) is 5.15 Å². The topological polar surface area (TPSA) is 54.0 Å². The van der Waals surface area contributed by atoms with Crippen molar-refractivity contribution >= 4 is 23.3 Å². The first-order valence-electron chi connectivity index (χ1n) is 6.51. The van der Waals surface area contributed by atoms with Crippen molar-refractivity contribution in [2.45, 2.75) is 32.6 Å². The third kappa shape index (κ3) is 3.96. The van der Waals surface area contributed by atoms with E-state index in [-0.39, 0.29) is 11.2 Å². The molecule has 0 atom stereocenters. The monoisotopic (exact) mass is 279 g/mol. The zero-order valence-electron chi connectivity index (χ0n) is 10.9. The Balaban J connectivity index is 1.87. The van der Waals surface area contributed by atoms with Crippen LogP contribution < -0.4 is 10.6 Å². The van der Waals surface area contributed by atoms with Gasteiger partial charge in [-0.3, -0.25) is 0 Å². The van der Waals surface area contributed by atoms with Crippen LogP contribution in [0.5, 0.6) is 0 Å². The van der Waals surface area contributed by atoms with E-state index in [2.05, 4.69) is 22.5 Å². The molecule has 0 bridgehead atoms. The minimum atomic E-state index is -0.299. The highest BCUT2D eigenvalue weighted by molar-refractivity contribution is 6.32. The van der Waals surface area contributed by atoms with E-state index in [0.717, 1.165) is 0 Å². The van der Waals surface area contributed by atoms with Crippen LogP contribution in [0.4, 0.5) is 10.5 Å². The van der Waals surface area contributed by atoms with Crippen molar-refractivity contribution in [3.8, 4) is 0 Å². The van der Waals surface area contributed by atoms with Gasteiger partial charge in [-0.05, 0) is 37.8 Å². The summed E-state index contributed by atoms with van der Waals surface area (Å²) < 4.78 is 0. The molecule has 0 aliphatic heterocycles. The number of aromatic nitrogens is 1. The second-order valence-corrected chi connectivity index (χ2v) is 5.17. The average Bonchev–Trinajstić information content (AvgIpc) is 2.93. The number of nitrogens with zero attached hydrogens (tertiary/aromatic N) is 1. The molecule has 1 aromatic heterocycles. The maximum Gasteiger partial charge on any atom is 0.323 e.